The topological polar surface area (TPSA) is 83.8 Å². The van der Waals surface area contributed by atoms with E-state index in [1.165, 1.54) is 0 Å². The summed E-state index contributed by atoms with van der Waals surface area (Å²) in [5, 5.41) is 22.7. The second kappa shape index (κ2) is 7.39. The fraction of sp³-hybridized carbons (Fsp3) is 0.800. The summed E-state index contributed by atoms with van der Waals surface area (Å²) in [6.07, 6.45) is 5.44. The number of carbonyl (C=O) groups is 2. The van der Waals surface area contributed by atoms with E-state index in [4.69, 9.17) is 4.74 Å². The fourth-order valence-electron chi connectivity index (χ4n) is 9.75. The van der Waals surface area contributed by atoms with Crippen molar-refractivity contribution in [2.24, 2.45) is 45.3 Å². The van der Waals surface area contributed by atoms with Crippen molar-refractivity contribution in [2.75, 3.05) is 6.61 Å². The number of rotatable bonds is 1. The molecule has 4 fully saturated rings. The van der Waals surface area contributed by atoms with Gasteiger partial charge in [-0.15, -0.1) is 0 Å². The normalized spacial score (nSPS) is 52.6. The molecule has 10 unspecified atom stereocenters. The minimum Gasteiger partial charge on any atom is -0.389 e. The van der Waals surface area contributed by atoms with Gasteiger partial charge in [0.1, 0.15) is 11.9 Å². The van der Waals surface area contributed by atoms with Crippen molar-refractivity contribution in [3.05, 3.63) is 23.3 Å². The van der Waals surface area contributed by atoms with Crippen LogP contribution in [-0.4, -0.2) is 46.2 Å². The van der Waals surface area contributed by atoms with Crippen LogP contribution >= 0.6 is 0 Å². The highest BCUT2D eigenvalue weighted by Crippen LogP contribution is 2.75. The molecular formula is C30H44O5. The van der Waals surface area contributed by atoms with Gasteiger partial charge in [-0.25, -0.2) is 0 Å². The van der Waals surface area contributed by atoms with Crippen LogP contribution in [0.3, 0.4) is 0 Å². The lowest BCUT2D eigenvalue weighted by Gasteiger charge is -2.65. The number of aliphatic hydroxyl groups is 2. The van der Waals surface area contributed by atoms with Crippen molar-refractivity contribution in [1.82, 2.24) is 0 Å². The Hall–Kier alpha value is -1.30. The molecule has 0 aromatic heterocycles. The van der Waals surface area contributed by atoms with E-state index in [0.717, 1.165) is 24.0 Å². The lowest BCUT2D eigenvalue weighted by atomic mass is 9.38. The van der Waals surface area contributed by atoms with Crippen molar-refractivity contribution >= 4 is 11.6 Å². The summed E-state index contributed by atoms with van der Waals surface area (Å²) in [6.45, 7) is 17.1. The van der Waals surface area contributed by atoms with Gasteiger partial charge in [0.2, 0.25) is 0 Å². The molecule has 0 amide bonds. The predicted molar refractivity (Wildman–Crippen MR) is 134 cm³/mol. The number of fused-ring (bicyclic) bond motifs is 7. The van der Waals surface area contributed by atoms with Gasteiger partial charge in [-0.2, -0.15) is 0 Å². The van der Waals surface area contributed by atoms with E-state index in [-0.39, 0.29) is 53.2 Å². The van der Waals surface area contributed by atoms with Crippen molar-refractivity contribution in [2.45, 2.75) is 98.9 Å². The van der Waals surface area contributed by atoms with E-state index in [9.17, 15) is 19.8 Å². The molecule has 5 heteroatoms. The quantitative estimate of drug-likeness (QED) is 0.529. The molecule has 35 heavy (non-hydrogen) atoms. The van der Waals surface area contributed by atoms with Gasteiger partial charge in [0.15, 0.2) is 5.78 Å². The molecule has 5 aliphatic rings. The Morgan fingerprint density at radius 2 is 1.74 bits per heavy atom. The molecule has 0 aromatic rings. The first kappa shape index (κ1) is 25.4. The summed E-state index contributed by atoms with van der Waals surface area (Å²) >= 11 is 0. The van der Waals surface area contributed by atoms with E-state index in [0.29, 0.717) is 13.0 Å². The van der Waals surface area contributed by atoms with Gasteiger partial charge < -0.3 is 14.9 Å². The van der Waals surface area contributed by atoms with E-state index >= 15 is 0 Å². The largest absolute Gasteiger partial charge is 0.389 e. The Bertz CT molecular complexity index is 1030. The number of ketones is 2. The molecular weight excluding hydrogens is 440 g/mol. The Balaban J connectivity index is 1.62. The summed E-state index contributed by atoms with van der Waals surface area (Å²) in [5.74, 6) is -0.309. The second-order valence-corrected chi connectivity index (χ2v) is 14.1. The SMILES string of the molecule is CC(C)=CC1COC2CC3(C)C4CC=C5C(CC(=O)C(O)C5(C)C)C4(C)C(=O)CC3(C)C2C1(C)O. The number of allylic oxidation sites excluding steroid dienone is 2. The first-order valence-corrected chi connectivity index (χ1v) is 13.5. The highest BCUT2D eigenvalue weighted by molar-refractivity contribution is 5.92. The molecule has 0 radical (unpaired) electrons. The van der Waals surface area contributed by atoms with Crippen LogP contribution < -0.4 is 0 Å². The zero-order chi connectivity index (χ0) is 25.9. The molecule has 1 saturated heterocycles. The molecule has 0 aromatic carbocycles. The average molecular weight is 485 g/mol. The van der Waals surface area contributed by atoms with Crippen molar-refractivity contribution in [3.63, 3.8) is 0 Å². The average Bonchev–Trinajstić information content (AvgIpc) is 2.97. The fourth-order valence-corrected chi connectivity index (χ4v) is 9.75. The third-order valence-corrected chi connectivity index (χ3v) is 11.8. The zero-order valence-corrected chi connectivity index (χ0v) is 22.8. The molecule has 2 N–H and O–H groups in total. The molecule has 1 aliphatic heterocycles. The van der Waals surface area contributed by atoms with E-state index in [1.54, 1.807) is 0 Å². The number of Topliss-reactive ketones (excluding diaryl/α,β-unsaturated/α-hetero) is 2. The van der Waals surface area contributed by atoms with Crippen molar-refractivity contribution in [3.8, 4) is 0 Å². The number of aliphatic hydroxyl groups excluding tert-OH is 1. The van der Waals surface area contributed by atoms with E-state index in [2.05, 4.69) is 32.9 Å². The molecule has 5 nitrogen and oxygen atoms in total. The summed E-state index contributed by atoms with van der Waals surface area (Å²) in [6, 6.07) is 0. The third kappa shape index (κ3) is 2.98. The molecule has 3 saturated carbocycles. The Labute approximate surface area is 210 Å². The monoisotopic (exact) mass is 484 g/mol. The van der Waals surface area contributed by atoms with Crippen LogP contribution in [0.15, 0.2) is 23.3 Å². The minimum atomic E-state index is -1.02. The molecule has 194 valence electrons. The van der Waals surface area contributed by atoms with Gasteiger partial charge in [0.05, 0.1) is 18.3 Å². The van der Waals surface area contributed by atoms with E-state index in [1.807, 2.05) is 34.6 Å². The van der Waals surface area contributed by atoms with Gasteiger partial charge in [-0.1, -0.05) is 57.9 Å². The Morgan fingerprint density at radius 3 is 2.37 bits per heavy atom. The maximum atomic E-state index is 14.3. The third-order valence-electron chi connectivity index (χ3n) is 11.8. The first-order valence-electron chi connectivity index (χ1n) is 13.5. The lowest BCUT2D eigenvalue weighted by molar-refractivity contribution is -0.205. The highest BCUT2D eigenvalue weighted by Gasteiger charge is 2.75. The molecule has 10 atom stereocenters. The zero-order valence-electron chi connectivity index (χ0n) is 22.8. The van der Waals surface area contributed by atoms with Gasteiger partial charge in [0, 0.05) is 35.5 Å². The van der Waals surface area contributed by atoms with Gasteiger partial charge in [0.25, 0.3) is 0 Å². The van der Waals surface area contributed by atoms with Crippen LogP contribution in [-0.2, 0) is 14.3 Å². The minimum absolute atomic E-state index is 0.0562. The Kier molecular flexibility index (Phi) is 5.35. The number of hydrogen-bond donors (Lipinski definition) is 2. The molecule has 0 spiro atoms. The van der Waals surface area contributed by atoms with Crippen LogP contribution in [0.2, 0.25) is 0 Å². The molecule has 1 heterocycles. The summed E-state index contributed by atoms with van der Waals surface area (Å²) in [5.41, 5.74) is -0.689. The van der Waals surface area contributed by atoms with Crippen molar-refractivity contribution in [1.29, 1.82) is 0 Å². The van der Waals surface area contributed by atoms with Crippen LogP contribution in [0.4, 0.5) is 0 Å². The van der Waals surface area contributed by atoms with Crippen LogP contribution in [0.25, 0.3) is 0 Å². The van der Waals surface area contributed by atoms with E-state index < -0.39 is 27.9 Å². The van der Waals surface area contributed by atoms with Gasteiger partial charge in [-0.3, -0.25) is 9.59 Å². The maximum absolute atomic E-state index is 14.3. The first-order chi connectivity index (χ1) is 16.0. The van der Waals surface area contributed by atoms with Crippen molar-refractivity contribution < 1.29 is 24.5 Å². The summed E-state index contributed by atoms with van der Waals surface area (Å²) in [4.78, 5) is 27.2. The molecule has 4 aliphatic carbocycles. The van der Waals surface area contributed by atoms with Crippen LogP contribution in [0.1, 0.15) is 81.1 Å². The second-order valence-electron chi connectivity index (χ2n) is 14.1. The standard InChI is InChI=1S/C30H44O5/c1-16(2)11-17-15-35-21-13-27(5)22-10-9-18-19(12-20(31)25(33)26(18,3)4)29(22,7)23(32)14-28(27,6)24(21)30(17,8)34/h9,11,17,19,21-22,24-25,33-34H,10,12-15H2,1-8H3. The van der Waals surface area contributed by atoms with Crippen LogP contribution in [0, 0.1) is 45.3 Å². The molecule has 5 rings (SSSR count). The molecule has 0 bridgehead atoms. The smallest absolute Gasteiger partial charge is 0.162 e. The van der Waals surface area contributed by atoms with Gasteiger partial charge >= 0.3 is 0 Å². The highest BCUT2D eigenvalue weighted by atomic mass is 16.5. The Morgan fingerprint density at radius 1 is 1.09 bits per heavy atom. The van der Waals surface area contributed by atoms with Gasteiger partial charge in [-0.05, 0) is 56.3 Å². The predicted octanol–water partition coefficient (Wildman–Crippen LogP) is 4.65. The number of carbonyl (C=O) groups excluding carboxylic acids is 2. The maximum Gasteiger partial charge on any atom is 0.162 e. The number of hydrogen-bond acceptors (Lipinski definition) is 5. The van der Waals surface area contributed by atoms with Crippen LogP contribution in [0.5, 0.6) is 0 Å². The lowest BCUT2D eigenvalue weighted by Crippen LogP contribution is -2.66. The summed E-state index contributed by atoms with van der Waals surface area (Å²) < 4.78 is 6.47. The number of ether oxygens (including phenoxy) is 1. The summed E-state index contributed by atoms with van der Waals surface area (Å²) in [7, 11) is 0.